The Morgan fingerprint density at radius 2 is 1.12 bits per heavy atom. The minimum Gasteiger partial charge on any atom is -0.258 e. The summed E-state index contributed by atoms with van der Waals surface area (Å²) in [6.07, 6.45) is -0.599. The summed E-state index contributed by atoms with van der Waals surface area (Å²) in [4.78, 5) is 27.6. The molecule has 0 atom stereocenters. The van der Waals surface area contributed by atoms with Crippen molar-refractivity contribution in [1.82, 2.24) is 0 Å². The quantitative estimate of drug-likeness (QED) is 0.179. The van der Waals surface area contributed by atoms with E-state index in [1.54, 1.807) is 12.1 Å². The maximum absolute atomic E-state index is 16.3. The lowest BCUT2D eigenvalue weighted by Gasteiger charge is -2.16. The summed E-state index contributed by atoms with van der Waals surface area (Å²) >= 11 is 0. The fourth-order valence-electron chi connectivity index (χ4n) is 5.33. The van der Waals surface area contributed by atoms with Crippen LogP contribution in [-0.2, 0) is 12.8 Å². The fourth-order valence-corrected chi connectivity index (χ4v) is 5.33. The number of nitriles is 2. The molecular formula is C30H12F2N6O4. The van der Waals surface area contributed by atoms with Gasteiger partial charge in [0.1, 0.15) is 42.5 Å². The van der Waals surface area contributed by atoms with Crippen molar-refractivity contribution in [3.05, 3.63) is 136 Å². The lowest BCUT2D eigenvalue weighted by molar-refractivity contribution is -0.385. The first-order chi connectivity index (χ1) is 20.2. The number of nitro benzene ring substituents is 2. The van der Waals surface area contributed by atoms with E-state index in [0.717, 1.165) is 0 Å². The molecule has 3 aromatic rings. The SMILES string of the molecule is [C-]#[N+]C([N+]#[C-])=C1Cc2c(-c3ccc([N+](=O)[O-])cc3)c3c(c(-c4ccc([N+](=O)[O-])cc4)c2=C1F)CC(=C(C#N)C#N)C=3F. The Morgan fingerprint density at radius 1 is 0.738 bits per heavy atom. The van der Waals surface area contributed by atoms with Crippen LogP contribution in [-0.4, -0.2) is 9.85 Å². The van der Waals surface area contributed by atoms with Crippen molar-refractivity contribution in [3.8, 4) is 34.4 Å². The van der Waals surface area contributed by atoms with Gasteiger partial charge in [0.25, 0.3) is 11.4 Å². The van der Waals surface area contributed by atoms with Crippen molar-refractivity contribution >= 4 is 23.0 Å². The molecule has 0 heterocycles. The van der Waals surface area contributed by atoms with Crippen LogP contribution >= 0.6 is 0 Å². The predicted molar refractivity (Wildman–Crippen MR) is 145 cm³/mol. The largest absolute Gasteiger partial charge is 0.525 e. The van der Waals surface area contributed by atoms with Gasteiger partial charge in [0.05, 0.1) is 15.4 Å². The number of nitro groups is 2. The van der Waals surface area contributed by atoms with E-state index < -0.39 is 32.9 Å². The highest BCUT2D eigenvalue weighted by Crippen LogP contribution is 2.40. The summed E-state index contributed by atoms with van der Waals surface area (Å²) in [5.74, 6) is -2.37. The molecule has 0 radical (unpaired) electrons. The van der Waals surface area contributed by atoms with Crippen molar-refractivity contribution in [2.45, 2.75) is 12.8 Å². The molecule has 0 bridgehead atoms. The van der Waals surface area contributed by atoms with Gasteiger partial charge in [-0.15, -0.1) is 0 Å². The van der Waals surface area contributed by atoms with Crippen molar-refractivity contribution in [2.75, 3.05) is 0 Å². The zero-order valence-electron chi connectivity index (χ0n) is 21.1. The lowest BCUT2D eigenvalue weighted by Crippen LogP contribution is -2.24. The molecule has 0 aliphatic heterocycles. The average Bonchev–Trinajstić information content (AvgIpc) is 3.50. The Kier molecular flexibility index (Phi) is 6.60. The number of hydrogen-bond donors (Lipinski definition) is 0. The summed E-state index contributed by atoms with van der Waals surface area (Å²) < 4.78 is 32.7. The van der Waals surface area contributed by atoms with Crippen LogP contribution in [0.5, 0.6) is 0 Å². The summed E-state index contributed by atoms with van der Waals surface area (Å²) in [5.41, 5.74) is -0.329. The molecule has 0 N–H and O–H groups in total. The number of benzene rings is 3. The Labute approximate surface area is 235 Å². The number of fused-ring (bicyclic) bond motifs is 2. The smallest absolute Gasteiger partial charge is 0.258 e. The Hall–Kier alpha value is -6.50. The molecular weight excluding hydrogens is 546 g/mol. The van der Waals surface area contributed by atoms with E-state index in [4.69, 9.17) is 13.1 Å². The normalized spacial score (nSPS) is 12.9. The van der Waals surface area contributed by atoms with E-state index in [-0.39, 0.29) is 79.2 Å². The zero-order chi connectivity index (χ0) is 30.3. The van der Waals surface area contributed by atoms with Crippen molar-refractivity contribution in [2.24, 2.45) is 0 Å². The molecule has 42 heavy (non-hydrogen) atoms. The van der Waals surface area contributed by atoms with Gasteiger partial charge in [-0.05, 0) is 57.6 Å². The molecule has 0 spiro atoms. The molecule has 5 rings (SSSR count). The van der Waals surface area contributed by atoms with Crippen LogP contribution in [0.15, 0.2) is 71.1 Å². The molecule has 0 fully saturated rings. The second kappa shape index (κ2) is 10.2. The van der Waals surface area contributed by atoms with Gasteiger partial charge in [0, 0.05) is 53.1 Å². The third-order valence-corrected chi connectivity index (χ3v) is 7.12. The van der Waals surface area contributed by atoms with E-state index in [1.165, 1.54) is 48.5 Å². The van der Waals surface area contributed by atoms with E-state index in [9.17, 15) is 30.8 Å². The molecule has 0 saturated carbocycles. The highest BCUT2D eigenvalue weighted by molar-refractivity contribution is 5.90. The third kappa shape index (κ3) is 4.05. The van der Waals surface area contributed by atoms with E-state index in [0.29, 0.717) is 0 Å². The standard InChI is InChI=1S/C30H12F2N6O4/c1-35-30(36-2)23-12-22-25(16-5-9-19(10-6-16)38(41)42)26-21(11-20(28(26)31)17(13-33)14-34)24(27(22)29(23)32)15-3-7-18(8-4-15)37(39)40/h3-10H,11-12H2. The minimum absolute atomic E-state index is 0.0692. The summed E-state index contributed by atoms with van der Waals surface area (Å²) in [7, 11) is 0. The first kappa shape index (κ1) is 27.1. The van der Waals surface area contributed by atoms with Crippen LogP contribution in [0.1, 0.15) is 11.1 Å². The van der Waals surface area contributed by atoms with Crippen molar-refractivity contribution in [1.29, 1.82) is 10.5 Å². The summed E-state index contributed by atoms with van der Waals surface area (Å²) in [6, 6.07) is 13.5. The van der Waals surface area contributed by atoms with Gasteiger partial charge < -0.3 is 0 Å². The number of allylic oxidation sites excluding steroid dienone is 3. The average molecular weight is 558 g/mol. The Balaban J connectivity index is 2.02. The maximum atomic E-state index is 16.3. The van der Waals surface area contributed by atoms with Crippen LogP contribution in [0.3, 0.4) is 0 Å². The molecule has 10 nitrogen and oxygen atoms in total. The van der Waals surface area contributed by atoms with Gasteiger partial charge in [0.15, 0.2) is 0 Å². The van der Waals surface area contributed by atoms with Crippen LogP contribution in [0.4, 0.5) is 20.2 Å². The van der Waals surface area contributed by atoms with E-state index in [2.05, 4.69) is 9.69 Å². The highest BCUT2D eigenvalue weighted by atomic mass is 19.1. The van der Waals surface area contributed by atoms with Crippen LogP contribution in [0.25, 0.3) is 43.6 Å². The molecule has 2 aliphatic carbocycles. The summed E-state index contributed by atoms with van der Waals surface area (Å²) in [6.45, 7) is 14.8. The van der Waals surface area contributed by atoms with Crippen molar-refractivity contribution < 1.29 is 18.6 Å². The van der Waals surface area contributed by atoms with Gasteiger partial charge in [0.2, 0.25) is 0 Å². The Bertz CT molecular complexity index is 1950. The molecule has 200 valence electrons. The number of rotatable bonds is 4. The fraction of sp³-hybridized carbons (Fsp3) is 0.0667. The second-order valence-electron chi connectivity index (χ2n) is 9.15. The monoisotopic (exact) mass is 558 g/mol. The van der Waals surface area contributed by atoms with Crippen LogP contribution in [0, 0.1) is 56.0 Å². The lowest BCUT2D eigenvalue weighted by atomic mass is 9.87. The second-order valence-corrected chi connectivity index (χ2v) is 9.15. The van der Waals surface area contributed by atoms with Gasteiger partial charge in [-0.2, -0.15) is 20.2 Å². The molecule has 0 aromatic heterocycles. The van der Waals surface area contributed by atoms with Gasteiger partial charge in [-0.3, -0.25) is 20.2 Å². The van der Waals surface area contributed by atoms with Gasteiger partial charge >= 0.3 is 5.82 Å². The van der Waals surface area contributed by atoms with Gasteiger partial charge in [-0.25, -0.2) is 8.78 Å². The number of non-ortho nitro benzene ring substituents is 2. The predicted octanol–water partition coefficient (Wildman–Crippen LogP) is 5.50. The van der Waals surface area contributed by atoms with E-state index >= 15 is 8.78 Å². The minimum atomic E-state index is -0.921. The molecule has 0 saturated heterocycles. The molecule has 0 amide bonds. The third-order valence-electron chi connectivity index (χ3n) is 7.12. The van der Waals surface area contributed by atoms with Gasteiger partial charge in [-0.1, -0.05) is 0 Å². The first-order valence-electron chi connectivity index (χ1n) is 12.0. The van der Waals surface area contributed by atoms with Crippen molar-refractivity contribution in [3.63, 3.8) is 0 Å². The molecule has 12 heteroatoms. The van der Waals surface area contributed by atoms with Crippen LogP contribution in [0.2, 0.25) is 0 Å². The highest BCUT2D eigenvalue weighted by Gasteiger charge is 2.36. The Morgan fingerprint density at radius 3 is 1.48 bits per heavy atom. The molecule has 0 unspecified atom stereocenters. The molecule has 2 aliphatic rings. The maximum Gasteiger partial charge on any atom is 0.525 e. The first-order valence-corrected chi connectivity index (χ1v) is 12.0. The zero-order valence-corrected chi connectivity index (χ0v) is 21.1. The number of nitrogens with zero attached hydrogens (tertiary/aromatic N) is 6. The van der Waals surface area contributed by atoms with E-state index in [1.807, 2.05) is 0 Å². The summed E-state index contributed by atoms with van der Waals surface area (Å²) in [5, 5.41) is 41.4. The number of hydrogen-bond acceptors (Lipinski definition) is 6. The molecule has 3 aromatic carbocycles. The van der Waals surface area contributed by atoms with Crippen LogP contribution < -0.4 is 10.4 Å². The topological polar surface area (TPSA) is 143 Å². The number of halogens is 2.